The molecule has 0 bridgehead atoms. The summed E-state index contributed by atoms with van der Waals surface area (Å²) in [6, 6.07) is 0. The summed E-state index contributed by atoms with van der Waals surface area (Å²) in [5.41, 5.74) is 4.02. The number of aryl methyl sites for hydroxylation is 1. The Morgan fingerprint density at radius 2 is 2.40 bits per heavy atom. The number of hydrogen-bond acceptors (Lipinski definition) is 7. The first-order chi connectivity index (χ1) is 9.43. The van der Waals surface area contributed by atoms with E-state index in [9.17, 15) is 19.8 Å². The minimum atomic E-state index is -1.77. The fourth-order valence-electron chi connectivity index (χ4n) is 2.06. The predicted molar refractivity (Wildman–Crippen MR) is 63.9 cm³/mol. The molecule has 1 aromatic heterocycles. The number of ether oxygens (including phenoxy) is 1. The Hall–Kier alpha value is -2.13. The van der Waals surface area contributed by atoms with E-state index in [1.54, 1.807) is 0 Å². The smallest absolute Gasteiger partial charge is 0.330 e. The third-order valence-corrected chi connectivity index (χ3v) is 3.19. The fourth-order valence-corrected chi connectivity index (χ4v) is 2.06. The molecule has 0 radical (unpaired) electrons. The molecule has 20 heavy (non-hydrogen) atoms. The van der Waals surface area contributed by atoms with E-state index < -0.39 is 35.9 Å². The Morgan fingerprint density at radius 1 is 1.70 bits per heavy atom. The summed E-state index contributed by atoms with van der Waals surface area (Å²) in [5, 5.41) is 22.6. The van der Waals surface area contributed by atoms with E-state index in [4.69, 9.17) is 10.3 Å². The van der Waals surface area contributed by atoms with Crippen LogP contribution < -0.4 is 16.2 Å². The van der Waals surface area contributed by atoms with Crippen LogP contribution in [-0.4, -0.2) is 38.2 Å². The van der Waals surface area contributed by atoms with Crippen LogP contribution in [0.25, 0.3) is 0 Å². The first-order valence-corrected chi connectivity index (χ1v) is 5.81. The van der Waals surface area contributed by atoms with Crippen molar-refractivity contribution in [2.24, 2.45) is 5.11 Å². The molecular formula is C10H14N5O5+. The lowest BCUT2D eigenvalue weighted by Gasteiger charge is -2.18. The molecule has 3 atom stereocenters. The molecule has 4 N–H and O–H groups in total. The number of hydrogen-bond donors (Lipinski definition) is 4. The van der Waals surface area contributed by atoms with Crippen molar-refractivity contribution in [3.63, 3.8) is 0 Å². The van der Waals surface area contributed by atoms with Crippen LogP contribution >= 0.6 is 0 Å². The van der Waals surface area contributed by atoms with E-state index in [1.165, 1.54) is 13.1 Å². The van der Waals surface area contributed by atoms with Crippen LogP contribution in [0.3, 0.4) is 0 Å². The summed E-state index contributed by atoms with van der Waals surface area (Å²) >= 11 is 0. The van der Waals surface area contributed by atoms with Gasteiger partial charge in [0.1, 0.15) is 24.5 Å². The third-order valence-electron chi connectivity index (χ3n) is 3.19. The van der Waals surface area contributed by atoms with Gasteiger partial charge in [0.2, 0.25) is 4.91 Å². The van der Waals surface area contributed by atoms with Crippen molar-refractivity contribution in [1.29, 1.82) is 5.53 Å². The minimum Gasteiger partial charge on any atom is -0.391 e. The van der Waals surface area contributed by atoms with Crippen LogP contribution in [0.2, 0.25) is 0 Å². The fraction of sp³-hybridized carbons (Fsp3) is 0.600. The number of aromatic amines is 1. The predicted octanol–water partition coefficient (Wildman–Crippen LogP) is -1.64. The summed E-state index contributed by atoms with van der Waals surface area (Å²) in [6.07, 6.45) is -0.897. The second-order valence-corrected chi connectivity index (χ2v) is 4.51. The standard InChI is InChI=1S/C10H13N5O5/c1-5-3-15(9(19)12-8(5)18)7-2-6(17)10(4-16,20-7)13-14-11/h3,6-7,11,16-17H,2,4H2,1H3/p+1/t6-,7+,10+/m0/s1. The summed E-state index contributed by atoms with van der Waals surface area (Å²) in [7, 11) is 0. The van der Waals surface area contributed by atoms with Gasteiger partial charge in [-0.15, -0.1) is 0 Å². The molecule has 1 saturated heterocycles. The second-order valence-electron chi connectivity index (χ2n) is 4.51. The lowest BCUT2D eigenvalue weighted by Crippen LogP contribution is -2.41. The molecule has 0 aromatic carbocycles. The molecule has 0 saturated carbocycles. The molecule has 1 aliphatic rings. The molecule has 10 heteroatoms. The van der Waals surface area contributed by atoms with E-state index in [2.05, 4.69) is 15.0 Å². The molecule has 0 unspecified atom stereocenters. The summed E-state index contributed by atoms with van der Waals surface area (Å²) < 4.78 is 6.47. The van der Waals surface area contributed by atoms with Crippen molar-refractivity contribution < 1.29 is 14.9 Å². The Morgan fingerprint density at radius 3 is 3.00 bits per heavy atom. The molecule has 2 heterocycles. The molecular weight excluding hydrogens is 270 g/mol. The average Bonchev–Trinajstić information content (AvgIpc) is 2.72. The van der Waals surface area contributed by atoms with Gasteiger partial charge in [0.15, 0.2) is 5.11 Å². The zero-order chi connectivity index (χ0) is 14.9. The van der Waals surface area contributed by atoms with Gasteiger partial charge in [-0.2, -0.15) is 0 Å². The first-order valence-electron chi connectivity index (χ1n) is 5.81. The highest BCUT2D eigenvalue weighted by Gasteiger charge is 2.53. The SMILES string of the molecule is Cc1cn([C@H]2C[C@H](O)[C@](CO)(N=[N+]=N)O2)c(=O)[nH]c1=O. The molecule has 108 valence electrons. The highest BCUT2D eigenvalue weighted by molar-refractivity contribution is 5.03. The van der Waals surface area contributed by atoms with Gasteiger partial charge in [0, 0.05) is 18.2 Å². The Labute approximate surface area is 111 Å². The lowest BCUT2D eigenvalue weighted by atomic mass is 10.1. The monoisotopic (exact) mass is 284 g/mol. The van der Waals surface area contributed by atoms with E-state index in [0.717, 1.165) is 4.57 Å². The van der Waals surface area contributed by atoms with Crippen LogP contribution in [-0.2, 0) is 4.74 Å². The summed E-state index contributed by atoms with van der Waals surface area (Å²) in [4.78, 5) is 27.9. The summed E-state index contributed by atoms with van der Waals surface area (Å²) in [6.45, 7) is 0.826. The van der Waals surface area contributed by atoms with Gasteiger partial charge in [0.25, 0.3) is 11.3 Å². The van der Waals surface area contributed by atoms with Crippen LogP contribution in [0, 0.1) is 12.5 Å². The van der Waals surface area contributed by atoms with Crippen molar-refractivity contribution in [2.75, 3.05) is 6.61 Å². The molecule has 1 aromatic rings. The van der Waals surface area contributed by atoms with Gasteiger partial charge < -0.3 is 14.9 Å². The Kier molecular flexibility index (Phi) is 3.64. The zero-order valence-electron chi connectivity index (χ0n) is 10.6. The minimum absolute atomic E-state index is 0.0367. The maximum atomic E-state index is 11.7. The van der Waals surface area contributed by atoms with Crippen LogP contribution in [0.4, 0.5) is 0 Å². The second kappa shape index (κ2) is 5.10. The van der Waals surface area contributed by atoms with Crippen LogP contribution in [0.15, 0.2) is 20.9 Å². The highest BCUT2D eigenvalue weighted by atomic mass is 16.6. The molecule has 1 aliphatic heterocycles. The lowest BCUT2D eigenvalue weighted by molar-refractivity contribution is -0.128. The number of aliphatic hydroxyl groups is 2. The van der Waals surface area contributed by atoms with Gasteiger partial charge >= 0.3 is 5.69 Å². The normalized spacial score (nSPS) is 29.1. The Balaban J connectivity index is 2.43. The van der Waals surface area contributed by atoms with Crippen molar-refractivity contribution in [3.8, 4) is 0 Å². The molecule has 2 rings (SSSR count). The number of nitrogens with one attached hydrogen (secondary N) is 2. The van der Waals surface area contributed by atoms with Crippen molar-refractivity contribution in [1.82, 2.24) is 14.5 Å². The van der Waals surface area contributed by atoms with Gasteiger partial charge in [-0.25, -0.2) is 4.79 Å². The maximum absolute atomic E-state index is 11.7. The van der Waals surface area contributed by atoms with E-state index in [0.29, 0.717) is 5.56 Å². The number of nitrogens with zero attached hydrogens (tertiary/aromatic N) is 3. The van der Waals surface area contributed by atoms with Crippen molar-refractivity contribution in [3.05, 3.63) is 32.6 Å². The van der Waals surface area contributed by atoms with Gasteiger partial charge in [0.05, 0.1) is 0 Å². The van der Waals surface area contributed by atoms with E-state index in [-0.39, 0.29) is 6.42 Å². The maximum Gasteiger partial charge on any atom is 0.330 e. The van der Waals surface area contributed by atoms with Crippen LogP contribution in [0.1, 0.15) is 18.2 Å². The largest absolute Gasteiger partial charge is 0.391 e. The number of H-pyrrole nitrogens is 1. The number of aliphatic hydroxyl groups excluding tert-OH is 2. The molecule has 0 spiro atoms. The van der Waals surface area contributed by atoms with Crippen LogP contribution in [0.5, 0.6) is 0 Å². The average molecular weight is 284 g/mol. The zero-order valence-corrected chi connectivity index (χ0v) is 10.6. The topological polar surface area (TPSA) is 155 Å². The number of aromatic nitrogens is 2. The van der Waals surface area contributed by atoms with Crippen molar-refractivity contribution >= 4 is 0 Å². The molecule has 0 amide bonds. The van der Waals surface area contributed by atoms with E-state index in [1.807, 2.05) is 0 Å². The van der Waals surface area contributed by atoms with Gasteiger partial charge in [-0.05, 0) is 6.92 Å². The van der Waals surface area contributed by atoms with E-state index >= 15 is 0 Å². The molecule has 1 fully saturated rings. The number of rotatable bonds is 3. The third kappa shape index (κ3) is 2.21. The first kappa shape index (κ1) is 14.3. The quantitative estimate of drug-likeness (QED) is 0.387. The van der Waals surface area contributed by atoms with Gasteiger partial charge in [-0.1, -0.05) is 0 Å². The highest BCUT2D eigenvalue weighted by Crippen LogP contribution is 2.36. The Bertz CT molecular complexity index is 675. The molecule has 10 nitrogen and oxygen atoms in total. The van der Waals surface area contributed by atoms with Gasteiger partial charge in [-0.3, -0.25) is 14.3 Å². The van der Waals surface area contributed by atoms with Crippen molar-refractivity contribution in [2.45, 2.75) is 31.4 Å². The summed E-state index contributed by atoms with van der Waals surface area (Å²) in [5.74, 6) is 0. The molecule has 0 aliphatic carbocycles.